The van der Waals surface area contributed by atoms with Crippen molar-refractivity contribution in [3.63, 3.8) is 0 Å². The Bertz CT molecular complexity index is 1220. The molecule has 0 spiro atoms. The third kappa shape index (κ3) is 3.69. The van der Waals surface area contributed by atoms with Gasteiger partial charge in [0.15, 0.2) is 5.13 Å². The van der Waals surface area contributed by atoms with Crippen LogP contribution in [0.5, 0.6) is 0 Å². The van der Waals surface area contributed by atoms with Crippen LogP contribution in [-0.2, 0) is 14.3 Å². The number of esters is 1. The smallest absolute Gasteiger partial charge is 0.350 e. The summed E-state index contributed by atoms with van der Waals surface area (Å²) in [5.74, 6) is -2.43. The topological polar surface area (TPSA) is 96.8 Å². The Kier molecular flexibility index (Phi) is 5.87. The molecular weight excluding hydrogens is 428 g/mol. The van der Waals surface area contributed by atoms with Crippen molar-refractivity contribution in [1.29, 1.82) is 0 Å². The Balaban J connectivity index is 1.89. The van der Waals surface area contributed by atoms with Gasteiger partial charge in [-0.3, -0.25) is 14.5 Å². The van der Waals surface area contributed by atoms with Gasteiger partial charge in [0, 0.05) is 5.56 Å². The molecule has 1 saturated heterocycles. The van der Waals surface area contributed by atoms with Gasteiger partial charge in [-0.15, -0.1) is 0 Å². The van der Waals surface area contributed by atoms with Gasteiger partial charge in [-0.2, -0.15) is 0 Å². The van der Waals surface area contributed by atoms with Crippen LogP contribution in [0.4, 0.5) is 5.13 Å². The molecule has 2 aromatic carbocycles. The minimum Gasteiger partial charge on any atom is -0.507 e. The number of aliphatic hydroxyl groups is 1. The Morgan fingerprint density at radius 1 is 1.09 bits per heavy atom. The van der Waals surface area contributed by atoms with E-state index in [0.29, 0.717) is 16.8 Å². The second-order valence-corrected chi connectivity index (χ2v) is 8.05. The third-order valence-electron chi connectivity index (χ3n) is 5.06. The molecule has 1 amide bonds. The number of carbonyl (C=O) groups is 3. The Morgan fingerprint density at radius 2 is 1.72 bits per heavy atom. The molecule has 2 heterocycles. The molecule has 0 saturated carbocycles. The monoisotopic (exact) mass is 448 g/mol. The van der Waals surface area contributed by atoms with E-state index in [1.54, 1.807) is 68.4 Å². The SMILES string of the molecule is CCOC(=O)c1sc(N2C(=O)C(=O)/C(=C(/O)c3ccccc3)[C@@H]2c2ccccc2)nc1C. The molecule has 32 heavy (non-hydrogen) atoms. The number of aliphatic hydroxyl groups excluding tert-OH is 1. The summed E-state index contributed by atoms with van der Waals surface area (Å²) in [6, 6.07) is 16.6. The number of carbonyl (C=O) groups excluding carboxylic acids is 3. The fourth-order valence-corrected chi connectivity index (χ4v) is 4.59. The van der Waals surface area contributed by atoms with Crippen LogP contribution in [0.25, 0.3) is 5.76 Å². The minimum absolute atomic E-state index is 0.0297. The molecule has 0 radical (unpaired) electrons. The van der Waals surface area contributed by atoms with E-state index in [1.165, 1.54) is 4.90 Å². The highest BCUT2D eigenvalue weighted by Crippen LogP contribution is 2.43. The zero-order valence-corrected chi connectivity index (χ0v) is 18.3. The van der Waals surface area contributed by atoms with Crippen molar-refractivity contribution in [3.8, 4) is 0 Å². The van der Waals surface area contributed by atoms with Crippen molar-refractivity contribution in [3.05, 3.63) is 87.9 Å². The number of aryl methyl sites for hydroxylation is 1. The standard InChI is InChI=1S/C24H20N2O5S/c1-3-31-23(30)21-14(2)25-24(32-21)26-18(15-10-6-4-7-11-15)17(20(28)22(26)29)19(27)16-12-8-5-9-13-16/h4-13,18,27H,3H2,1-2H3/b19-17+/t18-/m0/s1. The largest absolute Gasteiger partial charge is 0.507 e. The third-order valence-corrected chi connectivity index (χ3v) is 6.20. The van der Waals surface area contributed by atoms with Crippen LogP contribution in [0.3, 0.4) is 0 Å². The predicted octanol–water partition coefficient (Wildman–Crippen LogP) is 4.25. The number of hydrogen-bond acceptors (Lipinski definition) is 7. The highest BCUT2D eigenvalue weighted by molar-refractivity contribution is 7.17. The van der Waals surface area contributed by atoms with E-state index >= 15 is 0 Å². The molecule has 1 aliphatic rings. The normalized spacial score (nSPS) is 17.6. The number of Topliss-reactive ketones (excluding diaryl/α,β-unsaturated/α-hetero) is 1. The molecule has 162 valence electrons. The van der Waals surface area contributed by atoms with Gasteiger partial charge >= 0.3 is 11.9 Å². The lowest BCUT2D eigenvalue weighted by Gasteiger charge is -2.22. The number of hydrogen-bond donors (Lipinski definition) is 1. The summed E-state index contributed by atoms with van der Waals surface area (Å²) in [5.41, 5.74) is 1.43. The first kappa shape index (κ1) is 21.5. The highest BCUT2D eigenvalue weighted by atomic mass is 32.1. The molecule has 4 rings (SSSR count). The van der Waals surface area contributed by atoms with E-state index < -0.39 is 23.7 Å². The number of nitrogens with zero attached hydrogens (tertiary/aromatic N) is 2. The number of thiazole rings is 1. The molecule has 1 atom stereocenters. The molecular formula is C24H20N2O5S. The van der Waals surface area contributed by atoms with E-state index in [2.05, 4.69) is 4.98 Å². The maximum Gasteiger partial charge on any atom is 0.350 e. The number of rotatable bonds is 5. The average Bonchev–Trinajstić information content (AvgIpc) is 3.32. The van der Waals surface area contributed by atoms with E-state index in [-0.39, 0.29) is 27.9 Å². The number of ketones is 1. The van der Waals surface area contributed by atoms with Gasteiger partial charge in [-0.25, -0.2) is 9.78 Å². The van der Waals surface area contributed by atoms with Gasteiger partial charge in [0.2, 0.25) is 0 Å². The molecule has 3 aromatic rings. The molecule has 0 bridgehead atoms. The Hall–Kier alpha value is -3.78. The summed E-state index contributed by atoms with van der Waals surface area (Å²) < 4.78 is 5.07. The summed E-state index contributed by atoms with van der Waals surface area (Å²) in [5, 5.41) is 11.2. The quantitative estimate of drug-likeness (QED) is 0.271. The van der Waals surface area contributed by atoms with E-state index in [9.17, 15) is 19.5 Å². The maximum atomic E-state index is 13.1. The van der Waals surface area contributed by atoms with Gasteiger partial charge < -0.3 is 9.84 Å². The molecule has 1 aromatic heterocycles. The first-order valence-corrected chi connectivity index (χ1v) is 10.8. The van der Waals surface area contributed by atoms with E-state index in [0.717, 1.165) is 11.3 Å². The molecule has 7 nitrogen and oxygen atoms in total. The summed E-state index contributed by atoms with van der Waals surface area (Å²) in [6.07, 6.45) is 0. The van der Waals surface area contributed by atoms with E-state index in [4.69, 9.17) is 4.74 Å². The van der Waals surface area contributed by atoms with Gasteiger partial charge in [0.05, 0.1) is 23.9 Å². The summed E-state index contributed by atoms with van der Waals surface area (Å²) >= 11 is 0.982. The average molecular weight is 449 g/mol. The summed E-state index contributed by atoms with van der Waals surface area (Å²) in [6.45, 7) is 3.55. The predicted molar refractivity (Wildman–Crippen MR) is 120 cm³/mol. The molecule has 1 N–H and O–H groups in total. The van der Waals surface area contributed by atoms with Crippen molar-refractivity contribution in [1.82, 2.24) is 4.98 Å². The Morgan fingerprint density at radius 3 is 2.34 bits per heavy atom. The van der Waals surface area contributed by atoms with Gasteiger partial charge in [0.1, 0.15) is 10.6 Å². The van der Waals surface area contributed by atoms with Crippen LogP contribution in [-0.4, -0.2) is 34.4 Å². The van der Waals surface area contributed by atoms with Gasteiger partial charge in [-0.1, -0.05) is 72.0 Å². The van der Waals surface area contributed by atoms with Crippen LogP contribution in [0, 0.1) is 6.92 Å². The molecule has 0 aliphatic carbocycles. The molecule has 1 fully saturated rings. The lowest BCUT2D eigenvalue weighted by Crippen LogP contribution is -2.29. The van der Waals surface area contributed by atoms with Gasteiger partial charge in [-0.05, 0) is 19.4 Å². The highest BCUT2D eigenvalue weighted by Gasteiger charge is 2.48. The first-order valence-electron chi connectivity index (χ1n) is 10.00. The zero-order valence-electron chi connectivity index (χ0n) is 17.4. The lowest BCUT2D eigenvalue weighted by atomic mass is 9.95. The maximum absolute atomic E-state index is 13.1. The van der Waals surface area contributed by atoms with Crippen LogP contribution in [0.1, 0.15) is 39.5 Å². The fraction of sp³-hybridized carbons (Fsp3) is 0.167. The van der Waals surface area contributed by atoms with Crippen molar-refractivity contribution < 1.29 is 24.2 Å². The fourth-order valence-electron chi connectivity index (χ4n) is 3.60. The number of anilines is 1. The van der Waals surface area contributed by atoms with Crippen LogP contribution in [0.15, 0.2) is 66.2 Å². The summed E-state index contributed by atoms with van der Waals surface area (Å²) in [4.78, 5) is 44.4. The lowest BCUT2D eigenvalue weighted by molar-refractivity contribution is -0.132. The second-order valence-electron chi connectivity index (χ2n) is 7.08. The molecule has 8 heteroatoms. The van der Waals surface area contributed by atoms with Crippen molar-refractivity contribution in [2.45, 2.75) is 19.9 Å². The number of aromatic nitrogens is 1. The number of ether oxygens (including phenoxy) is 1. The van der Waals surface area contributed by atoms with Crippen LogP contribution in [0.2, 0.25) is 0 Å². The zero-order chi connectivity index (χ0) is 22.8. The minimum atomic E-state index is -0.892. The van der Waals surface area contributed by atoms with E-state index in [1.807, 2.05) is 6.07 Å². The first-order chi connectivity index (χ1) is 15.4. The number of amides is 1. The van der Waals surface area contributed by atoms with Crippen LogP contribution < -0.4 is 4.90 Å². The van der Waals surface area contributed by atoms with Crippen molar-refractivity contribution in [2.75, 3.05) is 11.5 Å². The van der Waals surface area contributed by atoms with Crippen molar-refractivity contribution in [2.24, 2.45) is 0 Å². The van der Waals surface area contributed by atoms with Crippen LogP contribution >= 0.6 is 11.3 Å². The number of benzene rings is 2. The van der Waals surface area contributed by atoms with Gasteiger partial charge in [0.25, 0.3) is 5.78 Å². The molecule has 0 unspecified atom stereocenters. The summed E-state index contributed by atoms with van der Waals surface area (Å²) in [7, 11) is 0. The molecule has 1 aliphatic heterocycles. The Labute approximate surface area is 188 Å². The van der Waals surface area contributed by atoms with Crippen molar-refractivity contribution >= 4 is 39.9 Å². The second kappa shape index (κ2) is 8.76.